The number of aryl methyl sites for hydroxylation is 1. The van der Waals surface area contributed by atoms with Crippen molar-refractivity contribution in [3.63, 3.8) is 0 Å². The molecule has 1 aliphatic rings. The summed E-state index contributed by atoms with van der Waals surface area (Å²) in [7, 11) is 0. The van der Waals surface area contributed by atoms with E-state index in [9.17, 15) is 4.79 Å². The maximum absolute atomic E-state index is 12.4. The number of amides is 1. The fourth-order valence-electron chi connectivity index (χ4n) is 4.03. The monoisotopic (exact) mass is 485 g/mol. The second kappa shape index (κ2) is 7.82. The quantitative estimate of drug-likeness (QED) is 0.533. The maximum Gasteiger partial charge on any atom is 0.408 e. The number of benzene rings is 1. The molecule has 1 aliphatic heterocycles. The number of rotatable bonds is 3. The third kappa shape index (κ3) is 4.54. The molecule has 0 bridgehead atoms. The van der Waals surface area contributed by atoms with Crippen molar-refractivity contribution < 1.29 is 9.53 Å². The zero-order chi connectivity index (χ0) is 22.4. The molecule has 8 heteroatoms. The zero-order valence-electron chi connectivity index (χ0n) is 18.5. The number of imidazole rings is 1. The summed E-state index contributed by atoms with van der Waals surface area (Å²) in [6.45, 7) is 11.2. The Morgan fingerprint density at radius 1 is 1.32 bits per heavy atom. The number of carbonyl (C=O) groups is 1. The van der Waals surface area contributed by atoms with Gasteiger partial charge in [0.05, 0.1) is 32.3 Å². The van der Waals surface area contributed by atoms with E-state index in [-0.39, 0.29) is 0 Å². The number of nitrogens with zero attached hydrogens (tertiary/aromatic N) is 3. The van der Waals surface area contributed by atoms with Gasteiger partial charge in [-0.25, -0.2) is 9.78 Å². The third-order valence-electron chi connectivity index (χ3n) is 5.43. The molecule has 3 heterocycles. The predicted octanol–water partition coefficient (Wildman–Crippen LogP) is 5.19. The van der Waals surface area contributed by atoms with Crippen LogP contribution in [0.1, 0.15) is 39.7 Å². The molecule has 0 saturated carbocycles. The van der Waals surface area contributed by atoms with E-state index in [1.165, 1.54) is 0 Å². The van der Waals surface area contributed by atoms with E-state index in [4.69, 9.17) is 9.72 Å². The highest BCUT2D eigenvalue weighted by molar-refractivity contribution is 9.10. The lowest BCUT2D eigenvalue weighted by Gasteiger charge is -2.29. The molecule has 0 radical (unpaired) electrons. The highest BCUT2D eigenvalue weighted by Crippen LogP contribution is 2.39. The fraction of sp³-hybridized carbons (Fsp3) is 0.435. The minimum Gasteiger partial charge on any atom is -0.444 e. The molecule has 4 rings (SSSR count). The summed E-state index contributed by atoms with van der Waals surface area (Å²) < 4.78 is 6.36. The van der Waals surface area contributed by atoms with E-state index in [2.05, 4.69) is 56.0 Å². The normalized spacial score (nSPS) is 19.1. The summed E-state index contributed by atoms with van der Waals surface area (Å²) in [5, 5.41) is 3.06. The SMILES string of the molecule is Cc1cccc2[nH]c(-c3cncc(Br)c3N3CCC(C)(NC(=O)OC(C)(C)C)C3)nc12. The first kappa shape index (κ1) is 21.6. The average Bonchev–Trinajstić information content (AvgIpc) is 3.24. The molecule has 164 valence electrons. The van der Waals surface area contributed by atoms with Gasteiger partial charge in [0.15, 0.2) is 0 Å². The summed E-state index contributed by atoms with van der Waals surface area (Å²) >= 11 is 3.68. The first-order valence-corrected chi connectivity index (χ1v) is 11.2. The molecule has 1 unspecified atom stereocenters. The molecular formula is C23H28BrN5O2. The number of nitrogens with one attached hydrogen (secondary N) is 2. The minimum atomic E-state index is -0.528. The molecule has 31 heavy (non-hydrogen) atoms. The number of aromatic amines is 1. The van der Waals surface area contributed by atoms with E-state index in [1.54, 1.807) is 6.20 Å². The van der Waals surface area contributed by atoms with Gasteiger partial charge in [0.25, 0.3) is 0 Å². The van der Waals surface area contributed by atoms with Crippen LogP contribution in [0.2, 0.25) is 0 Å². The average molecular weight is 486 g/mol. The van der Waals surface area contributed by atoms with Gasteiger partial charge in [0.2, 0.25) is 0 Å². The largest absolute Gasteiger partial charge is 0.444 e. The molecule has 1 aromatic carbocycles. The Morgan fingerprint density at radius 2 is 2.10 bits per heavy atom. The van der Waals surface area contributed by atoms with Crippen molar-refractivity contribution in [1.29, 1.82) is 0 Å². The molecule has 7 nitrogen and oxygen atoms in total. The molecule has 1 atom stereocenters. The third-order valence-corrected chi connectivity index (χ3v) is 6.02. The molecule has 1 fully saturated rings. The number of para-hydroxylation sites is 1. The number of anilines is 1. The van der Waals surface area contributed by atoms with Gasteiger partial charge >= 0.3 is 6.09 Å². The Bertz CT molecular complexity index is 1140. The van der Waals surface area contributed by atoms with Crippen LogP contribution in [0.5, 0.6) is 0 Å². The smallest absolute Gasteiger partial charge is 0.408 e. The zero-order valence-corrected chi connectivity index (χ0v) is 20.1. The first-order chi connectivity index (χ1) is 14.5. The van der Waals surface area contributed by atoms with Crippen LogP contribution in [0.3, 0.4) is 0 Å². The Morgan fingerprint density at radius 3 is 2.81 bits per heavy atom. The second-order valence-corrected chi connectivity index (χ2v) is 10.3. The van der Waals surface area contributed by atoms with Gasteiger partial charge in [-0.15, -0.1) is 0 Å². The van der Waals surface area contributed by atoms with Gasteiger partial charge in [-0.05, 0) is 68.6 Å². The van der Waals surface area contributed by atoms with Gasteiger partial charge in [-0.1, -0.05) is 12.1 Å². The topological polar surface area (TPSA) is 83.1 Å². The summed E-state index contributed by atoms with van der Waals surface area (Å²) in [6, 6.07) is 6.11. The standard InChI is InChI=1S/C23H28BrN5O2/c1-14-7-6-8-17-18(14)27-20(26-17)15-11-25-12-16(24)19(15)29-10-9-23(5,13-29)28-21(30)31-22(2,3)4/h6-8,11-12H,9-10,13H2,1-5H3,(H,26,27)(H,28,30). The van der Waals surface area contributed by atoms with Gasteiger partial charge in [-0.2, -0.15) is 0 Å². The summed E-state index contributed by atoms with van der Waals surface area (Å²) in [5.41, 5.74) is 4.10. The fourth-order valence-corrected chi connectivity index (χ4v) is 4.61. The summed E-state index contributed by atoms with van der Waals surface area (Å²) in [5.74, 6) is 0.779. The van der Waals surface area contributed by atoms with Crippen LogP contribution < -0.4 is 10.2 Å². The molecule has 3 aromatic rings. The lowest BCUT2D eigenvalue weighted by atomic mass is 10.0. The number of hydrogen-bond donors (Lipinski definition) is 2. The van der Waals surface area contributed by atoms with Crippen LogP contribution in [-0.2, 0) is 4.74 Å². The molecule has 2 aromatic heterocycles. The molecule has 1 amide bonds. The van der Waals surface area contributed by atoms with Crippen LogP contribution in [0.25, 0.3) is 22.4 Å². The lowest BCUT2D eigenvalue weighted by molar-refractivity contribution is 0.0473. The molecule has 2 N–H and O–H groups in total. The number of aromatic nitrogens is 3. The minimum absolute atomic E-state index is 0.390. The van der Waals surface area contributed by atoms with Crippen molar-refractivity contribution in [3.05, 3.63) is 40.6 Å². The molecule has 0 aliphatic carbocycles. The Labute approximate surface area is 190 Å². The van der Waals surface area contributed by atoms with Crippen LogP contribution in [0.15, 0.2) is 35.1 Å². The highest BCUT2D eigenvalue weighted by atomic mass is 79.9. The number of carbonyl (C=O) groups excluding carboxylic acids is 1. The van der Waals surface area contributed by atoms with Crippen LogP contribution in [0.4, 0.5) is 10.5 Å². The van der Waals surface area contributed by atoms with Crippen molar-refractivity contribution >= 4 is 38.7 Å². The number of fused-ring (bicyclic) bond motifs is 1. The van der Waals surface area contributed by atoms with Crippen molar-refractivity contribution in [2.75, 3.05) is 18.0 Å². The van der Waals surface area contributed by atoms with E-state index in [1.807, 2.05) is 39.1 Å². The predicted molar refractivity (Wildman–Crippen MR) is 126 cm³/mol. The first-order valence-electron chi connectivity index (χ1n) is 10.4. The summed E-state index contributed by atoms with van der Waals surface area (Å²) in [4.78, 5) is 27.3. The summed E-state index contributed by atoms with van der Waals surface area (Å²) in [6.07, 6.45) is 4.05. The number of halogens is 1. The molecule has 0 spiro atoms. The number of ether oxygens (including phenoxy) is 1. The van der Waals surface area contributed by atoms with Gasteiger partial charge in [0, 0.05) is 25.5 Å². The Balaban J connectivity index is 1.63. The second-order valence-electron chi connectivity index (χ2n) is 9.43. The van der Waals surface area contributed by atoms with Gasteiger partial charge in [0.1, 0.15) is 11.4 Å². The number of H-pyrrole nitrogens is 1. The van der Waals surface area contributed by atoms with E-state index >= 15 is 0 Å². The number of pyridine rings is 1. The van der Waals surface area contributed by atoms with Crippen LogP contribution in [-0.4, -0.2) is 45.3 Å². The van der Waals surface area contributed by atoms with Crippen LogP contribution >= 0.6 is 15.9 Å². The van der Waals surface area contributed by atoms with Gasteiger partial charge < -0.3 is 19.9 Å². The Hall–Kier alpha value is -2.61. The molecular weight excluding hydrogens is 458 g/mol. The van der Waals surface area contributed by atoms with E-state index < -0.39 is 17.2 Å². The highest BCUT2D eigenvalue weighted by Gasteiger charge is 2.38. The Kier molecular flexibility index (Phi) is 5.45. The van der Waals surface area contributed by atoms with E-state index in [0.717, 1.165) is 51.1 Å². The van der Waals surface area contributed by atoms with Crippen LogP contribution in [0, 0.1) is 6.92 Å². The number of hydrogen-bond acceptors (Lipinski definition) is 5. The van der Waals surface area contributed by atoms with Crippen molar-refractivity contribution in [1.82, 2.24) is 20.3 Å². The maximum atomic E-state index is 12.4. The lowest BCUT2D eigenvalue weighted by Crippen LogP contribution is -2.49. The van der Waals surface area contributed by atoms with Crippen molar-refractivity contribution in [2.24, 2.45) is 0 Å². The number of alkyl carbamates (subject to hydrolysis) is 1. The van der Waals surface area contributed by atoms with E-state index in [0.29, 0.717) is 6.54 Å². The van der Waals surface area contributed by atoms with Crippen molar-refractivity contribution in [2.45, 2.75) is 52.2 Å². The van der Waals surface area contributed by atoms with Crippen molar-refractivity contribution in [3.8, 4) is 11.4 Å². The van der Waals surface area contributed by atoms with Gasteiger partial charge in [-0.3, -0.25) is 4.98 Å². The molecule has 1 saturated heterocycles.